The van der Waals surface area contributed by atoms with Crippen molar-refractivity contribution in [1.29, 1.82) is 0 Å². The van der Waals surface area contributed by atoms with Crippen LogP contribution in [0.5, 0.6) is 0 Å². The first kappa shape index (κ1) is 18.1. The molecule has 28 heavy (non-hydrogen) atoms. The number of rotatable bonds is 3. The second kappa shape index (κ2) is 6.27. The molecule has 7 heteroatoms. The van der Waals surface area contributed by atoms with E-state index in [2.05, 4.69) is 19.6 Å². The molecule has 0 bridgehead atoms. The fraction of sp³-hybridized carbons (Fsp3) is 0.619. The van der Waals surface area contributed by atoms with Gasteiger partial charge in [0, 0.05) is 30.9 Å². The van der Waals surface area contributed by atoms with Crippen molar-refractivity contribution in [2.45, 2.75) is 43.9 Å². The van der Waals surface area contributed by atoms with Crippen LogP contribution in [-0.4, -0.2) is 56.4 Å². The standard InChI is InChI=1S/C21H24O7/c1-10-4-5-13-16(10)18-17(11(2)19(22)28-18)14(7-21(13)9-26-21)27-20(23)12-6-15(24-3)25-8-12/h4,6,13-18H,2,5,7-9H2,1,3H3. The lowest BCUT2D eigenvalue weighted by molar-refractivity contribution is -0.149. The number of carbonyl (C=O) groups excluding carboxylic acids is 2. The summed E-state index contributed by atoms with van der Waals surface area (Å²) < 4.78 is 28.0. The molecule has 150 valence electrons. The number of carbonyl (C=O) groups is 2. The molecule has 0 aromatic carbocycles. The number of hydrogen-bond donors (Lipinski definition) is 0. The van der Waals surface area contributed by atoms with E-state index in [-0.39, 0.29) is 36.1 Å². The summed E-state index contributed by atoms with van der Waals surface area (Å²) in [6.07, 6.45) is 3.82. The van der Waals surface area contributed by atoms with E-state index in [9.17, 15) is 9.59 Å². The molecule has 0 N–H and O–H groups in total. The van der Waals surface area contributed by atoms with Gasteiger partial charge < -0.3 is 23.7 Å². The van der Waals surface area contributed by atoms with Crippen molar-refractivity contribution < 1.29 is 33.3 Å². The maximum atomic E-state index is 12.8. The van der Waals surface area contributed by atoms with E-state index < -0.39 is 24.3 Å². The van der Waals surface area contributed by atoms with Gasteiger partial charge in [0.25, 0.3) is 0 Å². The van der Waals surface area contributed by atoms with Gasteiger partial charge in [0.15, 0.2) is 6.29 Å². The third kappa shape index (κ3) is 2.60. The Balaban J connectivity index is 1.46. The highest BCUT2D eigenvalue weighted by molar-refractivity contribution is 5.92. The van der Waals surface area contributed by atoms with Gasteiger partial charge in [-0.1, -0.05) is 18.2 Å². The lowest BCUT2D eigenvalue weighted by atomic mass is 9.78. The van der Waals surface area contributed by atoms with Gasteiger partial charge in [0.1, 0.15) is 12.2 Å². The molecule has 5 aliphatic rings. The summed E-state index contributed by atoms with van der Waals surface area (Å²) in [5, 5.41) is 0. The average Bonchev–Trinajstić information content (AvgIpc) is 3.02. The van der Waals surface area contributed by atoms with Crippen molar-refractivity contribution in [3.05, 3.63) is 35.5 Å². The molecule has 0 aromatic rings. The van der Waals surface area contributed by atoms with E-state index in [0.717, 1.165) is 6.42 Å². The van der Waals surface area contributed by atoms with E-state index in [1.165, 1.54) is 12.7 Å². The largest absolute Gasteiger partial charge is 0.458 e. The van der Waals surface area contributed by atoms with Crippen LogP contribution in [0, 0.1) is 17.8 Å². The highest BCUT2D eigenvalue weighted by Crippen LogP contribution is 2.58. The number of fused-ring (bicyclic) bond motifs is 4. The van der Waals surface area contributed by atoms with Crippen LogP contribution >= 0.6 is 0 Å². The minimum Gasteiger partial charge on any atom is -0.458 e. The molecule has 7 atom stereocenters. The molecule has 7 nitrogen and oxygen atoms in total. The highest BCUT2D eigenvalue weighted by Gasteiger charge is 2.65. The van der Waals surface area contributed by atoms with Crippen LogP contribution in [0.25, 0.3) is 0 Å². The number of esters is 2. The fourth-order valence-corrected chi connectivity index (χ4v) is 5.35. The Kier molecular flexibility index (Phi) is 4.05. The molecule has 1 spiro atoms. The van der Waals surface area contributed by atoms with Gasteiger partial charge in [-0.2, -0.15) is 0 Å². The lowest BCUT2D eigenvalue weighted by Gasteiger charge is -2.29. The highest BCUT2D eigenvalue weighted by atomic mass is 16.7. The first-order valence-corrected chi connectivity index (χ1v) is 9.70. The Morgan fingerprint density at radius 1 is 1.36 bits per heavy atom. The maximum Gasteiger partial charge on any atom is 0.336 e. The van der Waals surface area contributed by atoms with Crippen molar-refractivity contribution in [1.82, 2.24) is 0 Å². The Labute approximate surface area is 163 Å². The van der Waals surface area contributed by atoms with Crippen LogP contribution in [0.2, 0.25) is 0 Å². The zero-order chi connectivity index (χ0) is 19.6. The Morgan fingerprint density at radius 3 is 2.82 bits per heavy atom. The summed E-state index contributed by atoms with van der Waals surface area (Å²) in [6, 6.07) is 0. The van der Waals surface area contributed by atoms with Gasteiger partial charge in [-0.25, -0.2) is 9.59 Å². The van der Waals surface area contributed by atoms with Gasteiger partial charge in [0.2, 0.25) is 0 Å². The molecule has 0 amide bonds. The Morgan fingerprint density at radius 2 is 2.14 bits per heavy atom. The van der Waals surface area contributed by atoms with E-state index in [4.69, 9.17) is 23.7 Å². The average molecular weight is 388 g/mol. The quantitative estimate of drug-likeness (QED) is 0.315. The predicted molar refractivity (Wildman–Crippen MR) is 95.9 cm³/mol. The van der Waals surface area contributed by atoms with E-state index in [1.54, 1.807) is 6.08 Å². The first-order valence-electron chi connectivity index (χ1n) is 9.70. The van der Waals surface area contributed by atoms with Crippen LogP contribution in [0.15, 0.2) is 35.5 Å². The van der Waals surface area contributed by atoms with Gasteiger partial charge in [-0.05, 0) is 19.4 Å². The van der Waals surface area contributed by atoms with Crippen LogP contribution < -0.4 is 0 Å². The zero-order valence-corrected chi connectivity index (χ0v) is 16.0. The number of allylic oxidation sites excluding steroid dienone is 1. The zero-order valence-electron chi connectivity index (χ0n) is 16.0. The molecule has 5 rings (SSSR count). The number of ether oxygens (including phenoxy) is 5. The van der Waals surface area contributed by atoms with Gasteiger partial charge in [-0.15, -0.1) is 0 Å². The molecule has 2 aliphatic carbocycles. The smallest absolute Gasteiger partial charge is 0.336 e. The summed E-state index contributed by atoms with van der Waals surface area (Å²) in [7, 11) is 1.51. The molecule has 7 unspecified atom stereocenters. The predicted octanol–water partition coefficient (Wildman–Crippen LogP) is 1.68. The third-order valence-corrected chi connectivity index (χ3v) is 6.90. The summed E-state index contributed by atoms with van der Waals surface area (Å²) in [5.74, 6) is -0.911. The van der Waals surface area contributed by atoms with Crippen molar-refractivity contribution in [2.75, 3.05) is 20.3 Å². The Bertz CT molecular complexity index is 806. The minimum absolute atomic E-state index is 0.0753. The normalized spacial score (nSPS) is 43.8. The van der Waals surface area contributed by atoms with Gasteiger partial charge in [0.05, 0.1) is 30.3 Å². The van der Waals surface area contributed by atoms with E-state index >= 15 is 0 Å². The monoisotopic (exact) mass is 388 g/mol. The second-order valence-corrected chi connectivity index (χ2v) is 8.35. The van der Waals surface area contributed by atoms with Crippen LogP contribution in [0.4, 0.5) is 0 Å². The molecule has 0 radical (unpaired) electrons. The Hall–Kier alpha value is -1.96. The number of hydrogen-bond acceptors (Lipinski definition) is 7. The fourth-order valence-electron chi connectivity index (χ4n) is 5.35. The third-order valence-electron chi connectivity index (χ3n) is 6.90. The molecule has 2 saturated heterocycles. The van der Waals surface area contributed by atoms with Crippen LogP contribution in [0.3, 0.4) is 0 Å². The molecule has 3 fully saturated rings. The van der Waals surface area contributed by atoms with Crippen molar-refractivity contribution >= 4 is 11.9 Å². The maximum absolute atomic E-state index is 12.8. The number of epoxide rings is 1. The molecule has 3 aliphatic heterocycles. The molecule has 3 heterocycles. The first-order chi connectivity index (χ1) is 13.4. The van der Waals surface area contributed by atoms with E-state index in [0.29, 0.717) is 24.2 Å². The van der Waals surface area contributed by atoms with Crippen molar-refractivity contribution in [3.63, 3.8) is 0 Å². The molecular formula is C21H24O7. The van der Waals surface area contributed by atoms with Gasteiger partial charge >= 0.3 is 11.9 Å². The van der Waals surface area contributed by atoms with E-state index in [1.807, 2.05) is 0 Å². The minimum atomic E-state index is -0.541. The number of methoxy groups -OCH3 is 1. The molecule has 1 saturated carbocycles. The summed E-state index contributed by atoms with van der Waals surface area (Å²) in [4.78, 5) is 25.1. The van der Waals surface area contributed by atoms with Crippen LogP contribution in [-0.2, 0) is 33.3 Å². The summed E-state index contributed by atoms with van der Waals surface area (Å²) in [5.41, 5.74) is 1.69. The lowest BCUT2D eigenvalue weighted by Crippen LogP contribution is -2.36. The SMILES string of the molecule is C=C1C(=O)OC2C1C(OC(=O)C1=CC(OC)OC1)CC1(CO1)C1CC=C(C)C21. The summed E-state index contributed by atoms with van der Waals surface area (Å²) in [6.45, 7) is 6.82. The van der Waals surface area contributed by atoms with Crippen molar-refractivity contribution in [2.24, 2.45) is 17.8 Å². The summed E-state index contributed by atoms with van der Waals surface area (Å²) >= 11 is 0. The topological polar surface area (TPSA) is 83.6 Å². The molecule has 0 aromatic heterocycles. The second-order valence-electron chi connectivity index (χ2n) is 8.35. The van der Waals surface area contributed by atoms with Crippen molar-refractivity contribution in [3.8, 4) is 0 Å². The van der Waals surface area contributed by atoms with Crippen LogP contribution in [0.1, 0.15) is 19.8 Å². The molecular weight excluding hydrogens is 364 g/mol. The van der Waals surface area contributed by atoms with Gasteiger partial charge in [-0.3, -0.25) is 0 Å².